The molecule has 162 valence electrons. The highest BCUT2D eigenvalue weighted by Crippen LogP contribution is 2.29. The van der Waals surface area contributed by atoms with Crippen molar-refractivity contribution in [2.75, 3.05) is 32.8 Å². The van der Waals surface area contributed by atoms with Gasteiger partial charge in [0.2, 0.25) is 0 Å². The Morgan fingerprint density at radius 2 is 1.65 bits per heavy atom. The van der Waals surface area contributed by atoms with Gasteiger partial charge in [0.15, 0.2) is 0 Å². The van der Waals surface area contributed by atoms with Crippen LogP contribution >= 0.6 is 0 Å². The third-order valence-corrected chi connectivity index (χ3v) is 6.14. The molecule has 3 aromatic rings. The summed E-state index contributed by atoms with van der Waals surface area (Å²) in [4.78, 5) is 15.4. The van der Waals surface area contributed by atoms with Crippen LogP contribution < -0.4 is 5.32 Å². The predicted molar refractivity (Wildman–Crippen MR) is 127 cm³/mol. The average molecular weight is 417 g/mol. The molecule has 1 aliphatic heterocycles. The fraction of sp³-hybridized carbons (Fsp3) is 0.370. The first-order valence-electron chi connectivity index (χ1n) is 11.1. The molecule has 1 aliphatic rings. The third kappa shape index (κ3) is 4.97. The van der Waals surface area contributed by atoms with Gasteiger partial charge in [-0.2, -0.15) is 0 Å². The van der Waals surface area contributed by atoms with Crippen molar-refractivity contribution in [3.8, 4) is 0 Å². The van der Waals surface area contributed by atoms with E-state index in [1.807, 2.05) is 12.1 Å². The second-order valence-electron chi connectivity index (χ2n) is 9.27. The molecule has 0 aliphatic carbocycles. The van der Waals surface area contributed by atoms with Crippen molar-refractivity contribution in [1.82, 2.24) is 10.2 Å². The molecule has 0 radical (unpaired) electrons. The number of carbonyl (C=O) groups excluding carboxylic acids is 1. The van der Waals surface area contributed by atoms with Crippen molar-refractivity contribution in [2.45, 2.75) is 32.2 Å². The summed E-state index contributed by atoms with van der Waals surface area (Å²) in [5.41, 5.74) is 3.26. The van der Waals surface area contributed by atoms with Crippen LogP contribution in [0.3, 0.4) is 0 Å². The van der Waals surface area contributed by atoms with Crippen LogP contribution in [0, 0.1) is 0 Å². The van der Waals surface area contributed by atoms with E-state index in [0.717, 1.165) is 26.3 Å². The highest BCUT2D eigenvalue weighted by Gasteiger charge is 2.25. The minimum atomic E-state index is -0.0287. The van der Waals surface area contributed by atoms with Gasteiger partial charge in [0, 0.05) is 25.2 Å². The summed E-state index contributed by atoms with van der Waals surface area (Å²) in [6.07, 6.45) is 0. The van der Waals surface area contributed by atoms with Crippen LogP contribution in [-0.4, -0.2) is 43.7 Å². The standard InChI is InChI=1S/C27H32N2O2/c1-27(2,3)22-13-11-21(12-14-22)26(30)28-19-25(29-15-17-31-18-16-29)24-10-6-8-20-7-4-5-9-23(20)24/h4-14,25H,15-19H2,1-3H3,(H,28,30)/t25-/m0/s1. The molecule has 4 heteroatoms. The van der Waals surface area contributed by atoms with Crippen LogP contribution in [0.25, 0.3) is 10.8 Å². The SMILES string of the molecule is CC(C)(C)c1ccc(C(=O)NC[C@@H](c2cccc3ccccc23)N2CCOCC2)cc1. The van der Waals surface area contributed by atoms with Gasteiger partial charge in [-0.3, -0.25) is 9.69 Å². The molecule has 1 amide bonds. The lowest BCUT2D eigenvalue weighted by atomic mass is 9.86. The zero-order valence-corrected chi connectivity index (χ0v) is 18.7. The van der Waals surface area contributed by atoms with Gasteiger partial charge in [0.05, 0.1) is 19.3 Å². The number of hydrogen-bond donors (Lipinski definition) is 1. The second kappa shape index (κ2) is 9.21. The minimum absolute atomic E-state index is 0.0287. The number of ether oxygens (including phenoxy) is 1. The highest BCUT2D eigenvalue weighted by atomic mass is 16.5. The number of carbonyl (C=O) groups is 1. The van der Waals surface area contributed by atoms with Gasteiger partial charge >= 0.3 is 0 Å². The molecule has 1 saturated heterocycles. The average Bonchev–Trinajstić information content (AvgIpc) is 2.79. The first kappa shape index (κ1) is 21.5. The quantitative estimate of drug-likeness (QED) is 0.640. The first-order chi connectivity index (χ1) is 14.9. The molecule has 1 heterocycles. The van der Waals surface area contributed by atoms with E-state index in [1.54, 1.807) is 0 Å². The van der Waals surface area contributed by atoms with Gasteiger partial charge in [0.1, 0.15) is 0 Å². The van der Waals surface area contributed by atoms with E-state index < -0.39 is 0 Å². The van der Waals surface area contributed by atoms with Gasteiger partial charge in [0.25, 0.3) is 5.91 Å². The van der Waals surface area contributed by atoms with E-state index in [4.69, 9.17) is 4.74 Å². The number of rotatable bonds is 5. The summed E-state index contributed by atoms with van der Waals surface area (Å²) in [6.45, 7) is 10.3. The second-order valence-corrected chi connectivity index (χ2v) is 9.27. The molecule has 1 N–H and O–H groups in total. The summed E-state index contributed by atoms with van der Waals surface area (Å²) < 4.78 is 5.58. The Morgan fingerprint density at radius 3 is 2.35 bits per heavy atom. The molecule has 31 heavy (non-hydrogen) atoms. The van der Waals surface area contributed by atoms with Gasteiger partial charge in [-0.05, 0) is 39.4 Å². The van der Waals surface area contributed by atoms with E-state index in [0.29, 0.717) is 12.1 Å². The maximum absolute atomic E-state index is 12.9. The van der Waals surface area contributed by atoms with Crippen LogP contribution in [0.4, 0.5) is 0 Å². The monoisotopic (exact) mass is 416 g/mol. The van der Waals surface area contributed by atoms with Gasteiger partial charge < -0.3 is 10.1 Å². The molecule has 0 spiro atoms. The fourth-order valence-corrected chi connectivity index (χ4v) is 4.28. The lowest BCUT2D eigenvalue weighted by Gasteiger charge is -2.35. The Labute approximate surface area is 185 Å². The summed E-state index contributed by atoms with van der Waals surface area (Å²) >= 11 is 0. The van der Waals surface area contributed by atoms with Crippen LogP contribution in [0.5, 0.6) is 0 Å². The molecule has 0 aromatic heterocycles. The molecular weight excluding hydrogens is 384 g/mol. The van der Waals surface area contributed by atoms with E-state index in [2.05, 4.69) is 85.6 Å². The zero-order chi connectivity index (χ0) is 21.8. The normalized spacial score (nSPS) is 16.2. The van der Waals surface area contributed by atoms with Crippen LogP contribution in [0.2, 0.25) is 0 Å². The maximum Gasteiger partial charge on any atom is 0.251 e. The summed E-state index contributed by atoms with van der Waals surface area (Å²) in [6, 6.07) is 23.0. The number of nitrogens with zero attached hydrogens (tertiary/aromatic N) is 1. The lowest BCUT2D eigenvalue weighted by molar-refractivity contribution is 0.0165. The Bertz CT molecular complexity index is 1030. The van der Waals surface area contributed by atoms with Gasteiger partial charge in [-0.1, -0.05) is 75.4 Å². The summed E-state index contributed by atoms with van der Waals surface area (Å²) in [7, 11) is 0. The van der Waals surface area contributed by atoms with Crippen molar-refractivity contribution >= 4 is 16.7 Å². The number of morpholine rings is 1. The molecule has 1 fully saturated rings. The Kier molecular flexibility index (Phi) is 6.40. The molecule has 0 bridgehead atoms. The largest absolute Gasteiger partial charge is 0.379 e. The lowest BCUT2D eigenvalue weighted by Crippen LogP contribution is -2.43. The predicted octanol–water partition coefficient (Wildman–Crippen LogP) is 4.94. The Balaban J connectivity index is 1.56. The molecule has 4 nitrogen and oxygen atoms in total. The minimum Gasteiger partial charge on any atom is -0.379 e. The number of fused-ring (bicyclic) bond motifs is 1. The number of hydrogen-bond acceptors (Lipinski definition) is 3. The highest BCUT2D eigenvalue weighted by molar-refractivity contribution is 5.94. The molecule has 3 aromatic carbocycles. The number of nitrogens with one attached hydrogen (secondary N) is 1. The Morgan fingerprint density at radius 1 is 0.968 bits per heavy atom. The fourth-order valence-electron chi connectivity index (χ4n) is 4.28. The van der Waals surface area contributed by atoms with Crippen molar-refractivity contribution in [3.05, 3.63) is 83.4 Å². The summed E-state index contributed by atoms with van der Waals surface area (Å²) in [5, 5.41) is 5.66. The molecule has 0 unspecified atom stereocenters. The van der Waals surface area contributed by atoms with Crippen molar-refractivity contribution in [2.24, 2.45) is 0 Å². The first-order valence-corrected chi connectivity index (χ1v) is 11.1. The van der Waals surface area contributed by atoms with E-state index >= 15 is 0 Å². The third-order valence-electron chi connectivity index (χ3n) is 6.14. The van der Waals surface area contributed by atoms with Gasteiger partial charge in [-0.25, -0.2) is 0 Å². The van der Waals surface area contributed by atoms with Crippen molar-refractivity contribution < 1.29 is 9.53 Å². The van der Waals surface area contributed by atoms with Gasteiger partial charge in [-0.15, -0.1) is 0 Å². The number of amides is 1. The van der Waals surface area contributed by atoms with Crippen LogP contribution in [-0.2, 0) is 10.2 Å². The van der Waals surface area contributed by atoms with E-state index in [1.165, 1.54) is 21.9 Å². The smallest absolute Gasteiger partial charge is 0.251 e. The zero-order valence-electron chi connectivity index (χ0n) is 18.7. The Hall–Kier alpha value is -2.69. The number of benzene rings is 3. The van der Waals surface area contributed by atoms with E-state index in [-0.39, 0.29) is 17.4 Å². The van der Waals surface area contributed by atoms with E-state index in [9.17, 15) is 4.79 Å². The van der Waals surface area contributed by atoms with Crippen molar-refractivity contribution in [1.29, 1.82) is 0 Å². The van der Waals surface area contributed by atoms with Crippen molar-refractivity contribution in [3.63, 3.8) is 0 Å². The van der Waals surface area contributed by atoms with Crippen LogP contribution in [0.15, 0.2) is 66.7 Å². The topological polar surface area (TPSA) is 41.6 Å². The maximum atomic E-state index is 12.9. The molecule has 4 rings (SSSR count). The summed E-state index contributed by atoms with van der Waals surface area (Å²) in [5.74, 6) is -0.0287. The molecule has 1 atom stereocenters. The molecule has 0 saturated carbocycles. The molecular formula is C27H32N2O2. The van der Waals surface area contributed by atoms with Crippen LogP contribution in [0.1, 0.15) is 48.3 Å².